The van der Waals surface area contributed by atoms with E-state index in [0.717, 1.165) is 19.4 Å². The molecule has 2 fully saturated rings. The zero-order chi connectivity index (χ0) is 15.9. The van der Waals surface area contributed by atoms with Gasteiger partial charge in [-0.25, -0.2) is 0 Å². The molecule has 2 heterocycles. The van der Waals surface area contributed by atoms with E-state index in [2.05, 4.69) is 25.9 Å². The van der Waals surface area contributed by atoms with Gasteiger partial charge in [-0.15, -0.1) is 0 Å². The summed E-state index contributed by atoms with van der Waals surface area (Å²) in [5, 5.41) is 14.0. The lowest BCUT2D eigenvalue weighted by Crippen LogP contribution is -2.41. The average Bonchev–Trinajstić information content (AvgIpc) is 3.23. The molecule has 1 unspecified atom stereocenters. The van der Waals surface area contributed by atoms with Crippen molar-refractivity contribution in [2.75, 3.05) is 19.7 Å². The number of aliphatic hydroxyl groups excluding tert-OH is 1. The summed E-state index contributed by atoms with van der Waals surface area (Å²) in [5.41, 5.74) is 1.66. The summed E-state index contributed by atoms with van der Waals surface area (Å²) in [7, 11) is 0. The van der Waals surface area contributed by atoms with Crippen LogP contribution in [0.25, 0.3) is 0 Å². The van der Waals surface area contributed by atoms with Gasteiger partial charge >= 0.3 is 0 Å². The molecule has 0 aromatic carbocycles. The summed E-state index contributed by atoms with van der Waals surface area (Å²) in [6.07, 6.45) is 4.37. The fourth-order valence-electron chi connectivity index (χ4n) is 3.27. The van der Waals surface area contributed by atoms with E-state index in [1.807, 2.05) is 15.6 Å². The maximum absolute atomic E-state index is 12.8. The lowest BCUT2D eigenvalue weighted by Gasteiger charge is -2.31. The molecule has 1 saturated heterocycles. The topological polar surface area (TPSA) is 58.4 Å². The van der Waals surface area contributed by atoms with Crippen LogP contribution in [-0.4, -0.2) is 45.4 Å². The van der Waals surface area contributed by atoms with Crippen LogP contribution in [0.5, 0.6) is 0 Å². The van der Waals surface area contributed by atoms with Crippen molar-refractivity contribution < 1.29 is 9.90 Å². The number of aromatic nitrogens is 2. The second-order valence-electron chi connectivity index (χ2n) is 7.75. The first kappa shape index (κ1) is 15.5. The molecule has 1 aromatic rings. The molecule has 0 spiro atoms. The van der Waals surface area contributed by atoms with Crippen molar-refractivity contribution in [3.63, 3.8) is 0 Å². The lowest BCUT2D eigenvalue weighted by molar-refractivity contribution is 0.0613. The summed E-state index contributed by atoms with van der Waals surface area (Å²) < 4.78 is 2.03. The minimum absolute atomic E-state index is 0.0167. The van der Waals surface area contributed by atoms with Gasteiger partial charge in [0, 0.05) is 31.3 Å². The number of carbonyl (C=O) groups is 1. The van der Waals surface area contributed by atoms with Gasteiger partial charge in [-0.2, -0.15) is 5.10 Å². The van der Waals surface area contributed by atoms with Crippen LogP contribution in [0.3, 0.4) is 0 Å². The number of likely N-dealkylation sites (tertiary alicyclic amines) is 1. The summed E-state index contributed by atoms with van der Waals surface area (Å²) in [4.78, 5) is 14.6. The molecule has 1 N–H and O–H groups in total. The highest BCUT2D eigenvalue weighted by Gasteiger charge is 2.34. The third-order valence-electron chi connectivity index (χ3n) is 4.65. The third-order valence-corrected chi connectivity index (χ3v) is 4.65. The maximum Gasteiger partial charge on any atom is 0.274 e. The number of amides is 1. The normalized spacial score (nSPS) is 22.9. The van der Waals surface area contributed by atoms with Crippen LogP contribution in [0.4, 0.5) is 0 Å². The maximum atomic E-state index is 12.8. The van der Waals surface area contributed by atoms with E-state index >= 15 is 0 Å². The quantitative estimate of drug-likeness (QED) is 0.932. The van der Waals surface area contributed by atoms with Crippen molar-refractivity contribution in [1.82, 2.24) is 14.7 Å². The molecule has 2 aliphatic rings. The molecule has 5 nitrogen and oxygen atoms in total. The molecule has 5 heteroatoms. The molecular weight excluding hydrogens is 278 g/mol. The van der Waals surface area contributed by atoms with Crippen LogP contribution in [0.15, 0.2) is 6.07 Å². The molecule has 1 aromatic heterocycles. The molecular formula is C17H27N3O2. The van der Waals surface area contributed by atoms with E-state index in [4.69, 9.17) is 0 Å². The summed E-state index contributed by atoms with van der Waals surface area (Å²) in [5.74, 6) is 0.799. The zero-order valence-electron chi connectivity index (χ0n) is 13.9. The number of hydrogen-bond acceptors (Lipinski definition) is 3. The van der Waals surface area contributed by atoms with Crippen molar-refractivity contribution in [1.29, 1.82) is 0 Å². The van der Waals surface area contributed by atoms with E-state index in [-0.39, 0.29) is 24.0 Å². The molecule has 3 rings (SSSR count). The van der Waals surface area contributed by atoms with Gasteiger partial charge in [0.25, 0.3) is 5.91 Å². The third kappa shape index (κ3) is 3.05. The number of nitrogens with zero attached hydrogens (tertiary/aromatic N) is 3. The molecule has 122 valence electrons. The Balaban J connectivity index is 1.83. The number of rotatable bonds is 3. The van der Waals surface area contributed by atoms with Crippen LogP contribution >= 0.6 is 0 Å². The van der Waals surface area contributed by atoms with Crippen molar-refractivity contribution in [3.05, 3.63) is 17.5 Å². The number of carbonyl (C=O) groups excluding carboxylic acids is 1. The lowest BCUT2D eigenvalue weighted by atomic mass is 9.99. The Hall–Kier alpha value is -1.36. The van der Waals surface area contributed by atoms with Crippen molar-refractivity contribution in [2.45, 2.75) is 57.9 Å². The van der Waals surface area contributed by atoms with Gasteiger partial charge in [-0.3, -0.25) is 9.48 Å². The van der Waals surface area contributed by atoms with Gasteiger partial charge in [-0.1, -0.05) is 0 Å². The van der Waals surface area contributed by atoms with Gasteiger partial charge in [0.15, 0.2) is 5.69 Å². The SMILES string of the molecule is CC(C)(C)n1nc(C(=O)N2CCCC(CO)C2)cc1C1CC1. The Morgan fingerprint density at radius 2 is 2.09 bits per heavy atom. The van der Waals surface area contributed by atoms with Gasteiger partial charge in [-0.05, 0) is 58.4 Å². The first-order valence-electron chi connectivity index (χ1n) is 8.40. The van der Waals surface area contributed by atoms with E-state index in [1.54, 1.807) is 0 Å². The fraction of sp³-hybridized carbons (Fsp3) is 0.765. The number of hydrogen-bond donors (Lipinski definition) is 1. The minimum Gasteiger partial charge on any atom is -0.396 e. The fourth-order valence-corrected chi connectivity index (χ4v) is 3.27. The van der Waals surface area contributed by atoms with Crippen LogP contribution in [0.2, 0.25) is 0 Å². The summed E-state index contributed by atoms with van der Waals surface area (Å²) in [6, 6.07) is 1.99. The van der Waals surface area contributed by atoms with Crippen LogP contribution in [-0.2, 0) is 5.54 Å². The highest BCUT2D eigenvalue weighted by molar-refractivity contribution is 5.92. The molecule has 0 radical (unpaired) electrons. The van der Waals surface area contributed by atoms with E-state index in [0.29, 0.717) is 18.2 Å². The van der Waals surface area contributed by atoms with Crippen molar-refractivity contribution >= 4 is 5.91 Å². The van der Waals surface area contributed by atoms with E-state index in [9.17, 15) is 9.90 Å². The van der Waals surface area contributed by atoms with Gasteiger partial charge in [0.2, 0.25) is 0 Å². The monoisotopic (exact) mass is 305 g/mol. The highest BCUT2D eigenvalue weighted by Crippen LogP contribution is 2.41. The Morgan fingerprint density at radius 1 is 1.36 bits per heavy atom. The molecule has 1 amide bonds. The smallest absolute Gasteiger partial charge is 0.274 e. The van der Waals surface area contributed by atoms with Crippen molar-refractivity contribution in [3.8, 4) is 0 Å². The van der Waals surface area contributed by atoms with Crippen LogP contribution < -0.4 is 0 Å². The summed E-state index contributed by atoms with van der Waals surface area (Å²) >= 11 is 0. The Morgan fingerprint density at radius 3 is 2.68 bits per heavy atom. The van der Waals surface area contributed by atoms with Gasteiger partial charge < -0.3 is 10.0 Å². The minimum atomic E-state index is -0.105. The summed E-state index contributed by atoms with van der Waals surface area (Å²) in [6.45, 7) is 7.97. The Labute approximate surface area is 132 Å². The Bertz CT molecular complexity index is 555. The van der Waals surface area contributed by atoms with Crippen LogP contribution in [0, 0.1) is 5.92 Å². The first-order chi connectivity index (χ1) is 10.4. The largest absolute Gasteiger partial charge is 0.396 e. The number of aliphatic hydroxyl groups is 1. The first-order valence-corrected chi connectivity index (χ1v) is 8.40. The Kier molecular flexibility index (Phi) is 4.02. The zero-order valence-corrected chi connectivity index (χ0v) is 13.9. The number of piperidine rings is 1. The second kappa shape index (κ2) is 5.69. The molecule has 1 aliphatic heterocycles. The van der Waals surface area contributed by atoms with Gasteiger partial charge in [0.05, 0.1) is 5.54 Å². The van der Waals surface area contributed by atoms with E-state index in [1.165, 1.54) is 18.5 Å². The average molecular weight is 305 g/mol. The van der Waals surface area contributed by atoms with Crippen molar-refractivity contribution in [2.24, 2.45) is 5.92 Å². The van der Waals surface area contributed by atoms with Gasteiger partial charge in [0.1, 0.15) is 0 Å². The molecule has 1 saturated carbocycles. The standard InChI is InChI=1S/C17H27N3O2/c1-17(2,3)20-15(13-6-7-13)9-14(18-20)16(22)19-8-4-5-12(10-19)11-21/h9,12-13,21H,4-8,10-11H2,1-3H3. The highest BCUT2D eigenvalue weighted by atomic mass is 16.3. The molecule has 1 atom stereocenters. The second-order valence-corrected chi connectivity index (χ2v) is 7.75. The van der Waals surface area contributed by atoms with E-state index < -0.39 is 0 Å². The molecule has 22 heavy (non-hydrogen) atoms. The predicted molar refractivity (Wildman–Crippen MR) is 84.9 cm³/mol. The predicted octanol–water partition coefficient (Wildman–Crippen LogP) is 2.36. The molecule has 0 bridgehead atoms. The van der Waals surface area contributed by atoms with Crippen LogP contribution in [0.1, 0.15) is 68.6 Å². The molecule has 1 aliphatic carbocycles.